The number of aromatic nitrogens is 3. The summed E-state index contributed by atoms with van der Waals surface area (Å²) in [6, 6.07) is 8.05. The van der Waals surface area contributed by atoms with Gasteiger partial charge in [-0.15, -0.1) is 16.9 Å². The van der Waals surface area contributed by atoms with Crippen molar-refractivity contribution in [3.05, 3.63) is 36.2 Å². The molecular formula is C21H23N5O3S. The lowest BCUT2D eigenvalue weighted by Crippen LogP contribution is -2.27. The van der Waals surface area contributed by atoms with Crippen molar-refractivity contribution < 1.29 is 14.3 Å². The summed E-state index contributed by atoms with van der Waals surface area (Å²) >= 11 is 1.69. The van der Waals surface area contributed by atoms with E-state index in [-0.39, 0.29) is 12.3 Å². The molecule has 1 fully saturated rings. The normalized spacial score (nSPS) is 15.2. The van der Waals surface area contributed by atoms with E-state index in [1.54, 1.807) is 22.5 Å². The summed E-state index contributed by atoms with van der Waals surface area (Å²) in [6.45, 7) is 3.15. The summed E-state index contributed by atoms with van der Waals surface area (Å²) in [5.74, 6) is 2.97. The van der Waals surface area contributed by atoms with Crippen molar-refractivity contribution in [2.45, 2.75) is 37.1 Å². The van der Waals surface area contributed by atoms with Crippen molar-refractivity contribution in [3.8, 4) is 11.5 Å². The van der Waals surface area contributed by atoms with Gasteiger partial charge in [-0.1, -0.05) is 13.0 Å². The summed E-state index contributed by atoms with van der Waals surface area (Å²) in [4.78, 5) is 17.9. The fourth-order valence-electron chi connectivity index (χ4n) is 3.41. The number of para-hydroxylation sites is 1. The van der Waals surface area contributed by atoms with Crippen LogP contribution in [-0.2, 0) is 11.2 Å². The van der Waals surface area contributed by atoms with Crippen molar-refractivity contribution in [1.29, 1.82) is 0 Å². The molecule has 1 aliphatic carbocycles. The number of carbonyl (C=O) groups is 1. The molecule has 0 radical (unpaired) electrons. The average Bonchev–Trinajstić information content (AvgIpc) is 3.47. The molecule has 9 heteroatoms. The van der Waals surface area contributed by atoms with E-state index < -0.39 is 0 Å². The summed E-state index contributed by atoms with van der Waals surface area (Å²) in [7, 11) is 0. The van der Waals surface area contributed by atoms with Crippen LogP contribution in [0.3, 0.4) is 0 Å². The minimum absolute atomic E-state index is 0.00633. The number of nitrogens with zero attached hydrogens (tertiary/aromatic N) is 3. The maximum Gasteiger partial charge on any atom is 0.226 e. The second kappa shape index (κ2) is 8.06. The quantitative estimate of drug-likeness (QED) is 0.562. The van der Waals surface area contributed by atoms with Crippen LogP contribution in [0.15, 0.2) is 35.4 Å². The Hall–Kier alpha value is -2.94. The number of anilines is 2. The molecule has 3 heterocycles. The van der Waals surface area contributed by atoms with E-state index in [1.807, 2.05) is 24.3 Å². The van der Waals surface area contributed by atoms with Gasteiger partial charge in [0.05, 0.1) is 28.9 Å². The maximum atomic E-state index is 12.3. The zero-order valence-corrected chi connectivity index (χ0v) is 17.5. The summed E-state index contributed by atoms with van der Waals surface area (Å²) in [5.41, 5.74) is 2.32. The number of amides is 1. The molecule has 8 nitrogen and oxygen atoms in total. The number of nitrogens with one attached hydrogen (secondary N) is 2. The Kier molecular flexibility index (Phi) is 5.12. The Morgan fingerprint density at radius 3 is 3.00 bits per heavy atom. The number of rotatable bonds is 7. The van der Waals surface area contributed by atoms with Gasteiger partial charge >= 0.3 is 0 Å². The monoisotopic (exact) mass is 425 g/mol. The summed E-state index contributed by atoms with van der Waals surface area (Å²) < 4.78 is 13.2. The zero-order valence-electron chi connectivity index (χ0n) is 16.7. The molecular weight excluding hydrogens is 402 g/mol. The lowest BCUT2D eigenvalue weighted by Gasteiger charge is -2.21. The SMILES string of the molecule is CCSc1cc(Nc2cccc3c2OCCO3)nn2c(CC(=O)NC3CC3)cnc12. The Balaban J connectivity index is 1.48. The van der Waals surface area contributed by atoms with E-state index in [0.717, 1.165) is 46.3 Å². The molecule has 0 atom stereocenters. The number of hydrogen-bond acceptors (Lipinski definition) is 7. The van der Waals surface area contributed by atoms with Crippen LogP contribution in [-0.4, -0.2) is 45.5 Å². The van der Waals surface area contributed by atoms with Crippen LogP contribution in [0.1, 0.15) is 25.5 Å². The Labute approximate surface area is 178 Å². The minimum Gasteiger partial charge on any atom is -0.486 e. The van der Waals surface area contributed by atoms with Gasteiger partial charge in [-0.3, -0.25) is 4.79 Å². The molecule has 1 saturated carbocycles. The molecule has 30 heavy (non-hydrogen) atoms. The van der Waals surface area contributed by atoms with Crippen LogP contribution in [0.2, 0.25) is 0 Å². The number of ether oxygens (including phenoxy) is 2. The fourth-order valence-corrected chi connectivity index (χ4v) is 4.18. The highest BCUT2D eigenvalue weighted by Crippen LogP contribution is 2.39. The number of imidazole rings is 1. The summed E-state index contributed by atoms with van der Waals surface area (Å²) in [6.07, 6.45) is 4.12. The predicted octanol–water partition coefficient (Wildman–Crippen LogP) is 3.18. The van der Waals surface area contributed by atoms with Crippen molar-refractivity contribution >= 4 is 34.8 Å². The van der Waals surface area contributed by atoms with Gasteiger partial charge < -0.3 is 20.1 Å². The molecule has 2 aliphatic rings. The topological polar surface area (TPSA) is 89.8 Å². The Bertz CT molecular complexity index is 1100. The molecule has 2 N–H and O–H groups in total. The largest absolute Gasteiger partial charge is 0.486 e. The molecule has 156 valence electrons. The van der Waals surface area contributed by atoms with Crippen LogP contribution in [0.5, 0.6) is 11.5 Å². The molecule has 0 bridgehead atoms. The van der Waals surface area contributed by atoms with Gasteiger partial charge in [-0.05, 0) is 36.8 Å². The maximum absolute atomic E-state index is 12.3. The number of benzene rings is 1. The zero-order chi connectivity index (χ0) is 20.5. The average molecular weight is 426 g/mol. The lowest BCUT2D eigenvalue weighted by atomic mass is 10.2. The smallest absolute Gasteiger partial charge is 0.226 e. The highest BCUT2D eigenvalue weighted by atomic mass is 32.2. The van der Waals surface area contributed by atoms with Crippen LogP contribution in [0.4, 0.5) is 11.5 Å². The third-order valence-electron chi connectivity index (χ3n) is 4.92. The van der Waals surface area contributed by atoms with E-state index in [4.69, 9.17) is 14.6 Å². The predicted molar refractivity (Wildman–Crippen MR) is 115 cm³/mol. The van der Waals surface area contributed by atoms with Crippen molar-refractivity contribution in [2.24, 2.45) is 0 Å². The third-order valence-corrected chi connectivity index (χ3v) is 5.82. The highest BCUT2D eigenvalue weighted by molar-refractivity contribution is 7.99. The van der Waals surface area contributed by atoms with E-state index in [0.29, 0.717) is 30.8 Å². The molecule has 0 saturated heterocycles. The molecule has 0 spiro atoms. The molecule has 1 amide bonds. The Morgan fingerprint density at radius 2 is 2.17 bits per heavy atom. The van der Waals surface area contributed by atoms with Gasteiger partial charge in [0.2, 0.25) is 5.91 Å². The summed E-state index contributed by atoms with van der Waals surface area (Å²) in [5, 5.41) is 11.1. The van der Waals surface area contributed by atoms with Gasteiger partial charge in [-0.2, -0.15) is 0 Å². The van der Waals surface area contributed by atoms with Gasteiger partial charge in [0.25, 0.3) is 0 Å². The van der Waals surface area contributed by atoms with Crippen LogP contribution >= 0.6 is 11.8 Å². The second-order valence-electron chi connectivity index (χ2n) is 7.29. The molecule has 5 rings (SSSR count). The van der Waals surface area contributed by atoms with Crippen LogP contribution in [0, 0.1) is 0 Å². The van der Waals surface area contributed by atoms with Gasteiger partial charge in [0.15, 0.2) is 23.0 Å². The van der Waals surface area contributed by atoms with Crippen molar-refractivity contribution in [1.82, 2.24) is 19.9 Å². The molecule has 3 aromatic rings. The van der Waals surface area contributed by atoms with Crippen LogP contribution in [0.25, 0.3) is 5.65 Å². The number of carbonyl (C=O) groups excluding carboxylic acids is 1. The standard InChI is InChI=1S/C21H23N5O3S/c1-2-30-17-11-18(24-15-4-3-5-16-20(15)29-9-8-28-16)25-26-14(12-22-21(17)26)10-19(27)23-13-6-7-13/h3-5,11-13H,2,6-10H2,1H3,(H,23,27)(H,24,25). The van der Waals surface area contributed by atoms with E-state index in [2.05, 4.69) is 22.5 Å². The number of thioether (sulfide) groups is 1. The van der Waals surface area contributed by atoms with Gasteiger partial charge in [0, 0.05) is 6.04 Å². The van der Waals surface area contributed by atoms with Gasteiger partial charge in [0.1, 0.15) is 13.2 Å². The first kappa shape index (κ1) is 19.0. The van der Waals surface area contributed by atoms with Crippen LogP contribution < -0.4 is 20.1 Å². The third kappa shape index (κ3) is 3.89. The molecule has 1 aliphatic heterocycles. The molecule has 1 aromatic carbocycles. The van der Waals surface area contributed by atoms with E-state index in [9.17, 15) is 4.79 Å². The Morgan fingerprint density at radius 1 is 1.30 bits per heavy atom. The second-order valence-corrected chi connectivity index (χ2v) is 8.59. The van der Waals surface area contributed by atoms with Gasteiger partial charge in [-0.25, -0.2) is 9.50 Å². The van der Waals surface area contributed by atoms with Crippen molar-refractivity contribution in [2.75, 3.05) is 24.3 Å². The minimum atomic E-state index is 0.00633. The number of fused-ring (bicyclic) bond motifs is 2. The van der Waals surface area contributed by atoms with E-state index >= 15 is 0 Å². The highest BCUT2D eigenvalue weighted by Gasteiger charge is 2.24. The molecule has 0 unspecified atom stereocenters. The lowest BCUT2D eigenvalue weighted by molar-refractivity contribution is -0.120. The first-order chi connectivity index (χ1) is 14.7. The fraction of sp³-hybridized carbons (Fsp3) is 0.381. The first-order valence-corrected chi connectivity index (χ1v) is 11.2. The van der Waals surface area contributed by atoms with E-state index in [1.165, 1.54) is 0 Å². The van der Waals surface area contributed by atoms with Crippen molar-refractivity contribution in [3.63, 3.8) is 0 Å². The molecule has 2 aromatic heterocycles. The first-order valence-electron chi connectivity index (χ1n) is 10.2. The number of hydrogen-bond donors (Lipinski definition) is 2.